The lowest BCUT2D eigenvalue weighted by Crippen LogP contribution is -2.16. The summed E-state index contributed by atoms with van der Waals surface area (Å²) < 4.78 is 0. The zero-order valence-corrected chi connectivity index (χ0v) is 6.89. The molecule has 0 spiro atoms. The summed E-state index contributed by atoms with van der Waals surface area (Å²) in [6.07, 6.45) is 2.86. The first-order chi connectivity index (χ1) is 4.70. The molecular weight excluding hydrogens is 126 g/mol. The Bertz CT molecular complexity index is 101. The maximum atomic E-state index is 10.6. The van der Waals surface area contributed by atoms with Crippen molar-refractivity contribution >= 4 is 5.78 Å². The summed E-state index contributed by atoms with van der Waals surface area (Å²) in [7, 11) is 0. The molecule has 0 heterocycles. The first kappa shape index (κ1) is 9.63. The number of rotatable bonds is 5. The Morgan fingerprint density at radius 1 is 1.60 bits per heavy atom. The molecule has 0 unspecified atom stereocenters. The van der Waals surface area contributed by atoms with Gasteiger partial charge < -0.3 is 10.5 Å². The molecule has 0 bridgehead atoms. The molecule has 0 aliphatic rings. The van der Waals surface area contributed by atoms with Gasteiger partial charge in [0.05, 0.1) is 0 Å². The quantitative estimate of drug-likeness (QED) is 0.631. The summed E-state index contributed by atoms with van der Waals surface area (Å²) in [5, 5.41) is 0. The van der Waals surface area contributed by atoms with E-state index in [4.69, 9.17) is 5.73 Å². The van der Waals surface area contributed by atoms with Crippen molar-refractivity contribution in [2.24, 2.45) is 11.7 Å². The molecule has 10 heavy (non-hydrogen) atoms. The number of carbonyl (C=O) groups excluding carboxylic acids is 1. The van der Waals surface area contributed by atoms with Gasteiger partial charge in [0.15, 0.2) is 0 Å². The predicted molar refractivity (Wildman–Crippen MR) is 42.8 cm³/mol. The van der Waals surface area contributed by atoms with E-state index in [-0.39, 0.29) is 5.78 Å². The van der Waals surface area contributed by atoms with Crippen molar-refractivity contribution in [2.75, 3.05) is 6.54 Å². The van der Waals surface area contributed by atoms with Gasteiger partial charge in [0.25, 0.3) is 0 Å². The number of hydrogen-bond donors (Lipinski definition) is 1. The lowest BCUT2D eigenvalue weighted by molar-refractivity contribution is -0.117. The van der Waals surface area contributed by atoms with Crippen LogP contribution in [0.5, 0.6) is 0 Å². The summed E-state index contributed by atoms with van der Waals surface area (Å²) in [6, 6.07) is 0. The molecule has 0 aliphatic carbocycles. The maximum absolute atomic E-state index is 10.6. The third-order valence-corrected chi connectivity index (χ3v) is 1.61. The highest BCUT2D eigenvalue weighted by Gasteiger charge is 2.06. The van der Waals surface area contributed by atoms with Crippen molar-refractivity contribution in [3.63, 3.8) is 0 Å². The van der Waals surface area contributed by atoms with Gasteiger partial charge in [-0.3, -0.25) is 0 Å². The van der Waals surface area contributed by atoms with Crippen LogP contribution in [0.4, 0.5) is 0 Å². The standard InChI is InChI=1S/C8H17NO/c1-3-4-8(6-9)5-7(2)10/h8H,3-6,9H2,1-2H3/t8-/m0/s1. The average Bonchev–Trinajstić information content (AvgIpc) is 1.86. The van der Waals surface area contributed by atoms with E-state index in [1.807, 2.05) is 0 Å². The average molecular weight is 143 g/mol. The lowest BCUT2D eigenvalue weighted by atomic mass is 9.98. The molecule has 60 valence electrons. The normalized spacial score (nSPS) is 13.1. The SMILES string of the molecule is CCC[C@H](CN)CC(C)=O. The van der Waals surface area contributed by atoms with Crippen LogP contribution in [-0.4, -0.2) is 12.3 Å². The van der Waals surface area contributed by atoms with Crippen molar-refractivity contribution in [3.05, 3.63) is 0 Å². The van der Waals surface area contributed by atoms with Gasteiger partial charge in [0.1, 0.15) is 5.78 Å². The fourth-order valence-electron chi connectivity index (χ4n) is 1.12. The van der Waals surface area contributed by atoms with Crippen LogP contribution in [0.3, 0.4) is 0 Å². The van der Waals surface area contributed by atoms with Crippen molar-refractivity contribution < 1.29 is 4.79 Å². The van der Waals surface area contributed by atoms with E-state index in [2.05, 4.69) is 6.92 Å². The fourth-order valence-corrected chi connectivity index (χ4v) is 1.12. The third kappa shape index (κ3) is 4.50. The van der Waals surface area contributed by atoms with Crippen LogP contribution in [-0.2, 0) is 4.79 Å². The molecule has 0 aromatic carbocycles. The van der Waals surface area contributed by atoms with Crippen LogP contribution in [0.25, 0.3) is 0 Å². The summed E-state index contributed by atoms with van der Waals surface area (Å²) in [4.78, 5) is 10.6. The largest absolute Gasteiger partial charge is 0.330 e. The molecule has 0 radical (unpaired) electrons. The summed E-state index contributed by atoms with van der Waals surface area (Å²) in [5.74, 6) is 0.673. The maximum Gasteiger partial charge on any atom is 0.130 e. The fraction of sp³-hybridized carbons (Fsp3) is 0.875. The van der Waals surface area contributed by atoms with E-state index in [0.717, 1.165) is 12.8 Å². The minimum absolute atomic E-state index is 0.254. The van der Waals surface area contributed by atoms with E-state index in [0.29, 0.717) is 18.9 Å². The molecule has 0 saturated heterocycles. The second-order valence-electron chi connectivity index (χ2n) is 2.80. The first-order valence-electron chi connectivity index (χ1n) is 3.90. The Balaban J connectivity index is 3.49. The van der Waals surface area contributed by atoms with Gasteiger partial charge in [-0.2, -0.15) is 0 Å². The van der Waals surface area contributed by atoms with E-state index >= 15 is 0 Å². The van der Waals surface area contributed by atoms with Crippen LogP contribution in [0.2, 0.25) is 0 Å². The zero-order chi connectivity index (χ0) is 7.98. The molecule has 2 N–H and O–H groups in total. The highest BCUT2D eigenvalue weighted by molar-refractivity contribution is 5.75. The summed E-state index contributed by atoms with van der Waals surface area (Å²) in [6.45, 7) is 4.38. The highest BCUT2D eigenvalue weighted by atomic mass is 16.1. The Morgan fingerprint density at radius 3 is 2.50 bits per heavy atom. The Morgan fingerprint density at radius 2 is 2.20 bits per heavy atom. The molecule has 1 atom stereocenters. The van der Waals surface area contributed by atoms with Gasteiger partial charge >= 0.3 is 0 Å². The molecule has 2 nitrogen and oxygen atoms in total. The molecule has 0 saturated carbocycles. The highest BCUT2D eigenvalue weighted by Crippen LogP contribution is 2.08. The van der Waals surface area contributed by atoms with Crippen molar-refractivity contribution in [1.29, 1.82) is 0 Å². The van der Waals surface area contributed by atoms with Gasteiger partial charge in [-0.05, 0) is 25.8 Å². The number of Topliss-reactive ketones (excluding diaryl/α,β-unsaturated/α-hetero) is 1. The second-order valence-corrected chi connectivity index (χ2v) is 2.80. The second kappa shape index (κ2) is 5.42. The number of nitrogens with two attached hydrogens (primary N) is 1. The summed E-state index contributed by atoms with van der Waals surface area (Å²) in [5.41, 5.74) is 5.45. The van der Waals surface area contributed by atoms with Gasteiger partial charge in [-0.15, -0.1) is 0 Å². The van der Waals surface area contributed by atoms with Crippen molar-refractivity contribution in [3.8, 4) is 0 Å². The van der Waals surface area contributed by atoms with Crippen molar-refractivity contribution in [2.45, 2.75) is 33.1 Å². The predicted octanol–water partition coefficient (Wildman–Crippen LogP) is 1.34. The Labute approximate surface area is 62.8 Å². The topological polar surface area (TPSA) is 43.1 Å². The van der Waals surface area contributed by atoms with E-state index < -0.39 is 0 Å². The van der Waals surface area contributed by atoms with E-state index in [9.17, 15) is 4.79 Å². The van der Waals surface area contributed by atoms with Crippen molar-refractivity contribution in [1.82, 2.24) is 0 Å². The smallest absolute Gasteiger partial charge is 0.130 e. The molecule has 0 aliphatic heterocycles. The molecule has 2 heteroatoms. The zero-order valence-electron chi connectivity index (χ0n) is 6.89. The van der Waals surface area contributed by atoms with Gasteiger partial charge in [-0.1, -0.05) is 13.3 Å². The molecular formula is C8H17NO. The molecule has 0 aromatic heterocycles. The molecule has 0 rings (SSSR count). The molecule has 0 fully saturated rings. The Kier molecular flexibility index (Phi) is 5.22. The Hall–Kier alpha value is -0.370. The number of ketones is 1. The van der Waals surface area contributed by atoms with Crippen LogP contribution < -0.4 is 5.73 Å². The van der Waals surface area contributed by atoms with Crippen LogP contribution >= 0.6 is 0 Å². The van der Waals surface area contributed by atoms with Crippen LogP contribution in [0.1, 0.15) is 33.1 Å². The monoisotopic (exact) mass is 143 g/mol. The van der Waals surface area contributed by atoms with Gasteiger partial charge in [-0.25, -0.2) is 0 Å². The molecule has 0 amide bonds. The minimum Gasteiger partial charge on any atom is -0.330 e. The minimum atomic E-state index is 0.254. The number of carbonyl (C=O) groups is 1. The first-order valence-corrected chi connectivity index (χ1v) is 3.90. The van der Waals surface area contributed by atoms with E-state index in [1.54, 1.807) is 6.92 Å². The van der Waals surface area contributed by atoms with Gasteiger partial charge in [0.2, 0.25) is 0 Å². The molecule has 0 aromatic rings. The van der Waals surface area contributed by atoms with Crippen LogP contribution in [0, 0.1) is 5.92 Å². The van der Waals surface area contributed by atoms with Crippen LogP contribution in [0.15, 0.2) is 0 Å². The van der Waals surface area contributed by atoms with Gasteiger partial charge in [0, 0.05) is 6.42 Å². The van der Waals surface area contributed by atoms with E-state index in [1.165, 1.54) is 0 Å². The summed E-state index contributed by atoms with van der Waals surface area (Å²) >= 11 is 0. The third-order valence-electron chi connectivity index (χ3n) is 1.61. The lowest BCUT2D eigenvalue weighted by Gasteiger charge is -2.09. The number of hydrogen-bond acceptors (Lipinski definition) is 2.